The van der Waals surface area contributed by atoms with Gasteiger partial charge in [0.2, 0.25) is 0 Å². The van der Waals surface area contributed by atoms with Gasteiger partial charge < -0.3 is 59.9 Å². The number of aliphatic carboxylic acids is 1. The molecule has 326 valence electrons. The lowest BCUT2D eigenvalue weighted by Gasteiger charge is -2.17. The van der Waals surface area contributed by atoms with Gasteiger partial charge in [0.1, 0.15) is 36.9 Å². The van der Waals surface area contributed by atoms with E-state index in [-0.39, 0.29) is 80.8 Å². The fourth-order valence-corrected chi connectivity index (χ4v) is 4.77. The van der Waals surface area contributed by atoms with E-state index in [1.807, 2.05) is 0 Å². The molecule has 0 saturated heterocycles. The molecular formula is C38H47N5O17. The molecule has 0 fully saturated rings. The highest BCUT2D eigenvalue weighted by atomic mass is 16.6. The number of methoxy groups -OCH3 is 4. The summed E-state index contributed by atoms with van der Waals surface area (Å²) in [5, 5.41) is 16.2. The van der Waals surface area contributed by atoms with E-state index in [2.05, 4.69) is 35.2 Å². The van der Waals surface area contributed by atoms with E-state index < -0.39 is 78.1 Å². The zero-order valence-electron chi connectivity index (χ0n) is 33.3. The lowest BCUT2D eigenvalue weighted by molar-refractivity contribution is -0.145. The first-order chi connectivity index (χ1) is 28.6. The van der Waals surface area contributed by atoms with Gasteiger partial charge in [-0.3, -0.25) is 28.8 Å². The van der Waals surface area contributed by atoms with Gasteiger partial charge in [-0.1, -0.05) is 6.07 Å². The predicted molar refractivity (Wildman–Crippen MR) is 205 cm³/mol. The standard InChI is InChI=1S/C38H47N5O17/c1-54-31(46)10-8-27(37(52)56-3)42-35(50)24-16-23(17-25(18-24)36(51)43-28(38(53)57-4)9-11-32(47)55-2)34(49)41-13-12-40-33(48)22-6-5-7-26(19-22)60-20-29(39)59-15-14-58-21-30(44)45/h5-7,16-19,27,29H,8-15,20-21,39H2,1-4H3,(H,40,48)(H,41,49)(H,42,50)(H,44,45). The van der Waals surface area contributed by atoms with Crippen LogP contribution in [0.25, 0.3) is 0 Å². The molecule has 2 rings (SSSR count). The predicted octanol–water partition coefficient (Wildman–Crippen LogP) is -0.440. The number of carboxylic acids is 1. The van der Waals surface area contributed by atoms with Crippen LogP contribution >= 0.6 is 0 Å². The number of nitrogens with zero attached hydrogens (tertiary/aromatic N) is 1. The molecule has 6 N–H and O–H groups in total. The van der Waals surface area contributed by atoms with Crippen molar-refractivity contribution in [3.63, 3.8) is 0 Å². The van der Waals surface area contributed by atoms with Crippen molar-refractivity contribution in [2.75, 3.05) is 68.0 Å². The zero-order chi connectivity index (χ0) is 44.6. The molecule has 22 heteroatoms. The van der Waals surface area contributed by atoms with Crippen LogP contribution in [0.3, 0.4) is 0 Å². The van der Waals surface area contributed by atoms with Crippen LogP contribution in [-0.2, 0) is 52.4 Å². The van der Waals surface area contributed by atoms with Crippen molar-refractivity contribution in [2.45, 2.75) is 38.0 Å². The minimum atomic E-state index is -1.34. The number of carbonyl (C=O) groups excluding carboxylic acids is 8. The second kappa shape index (κ2) is 26.3. The molecule has 22 nitrogen and oxygen atoms in total. The summed E-state index contributed by atoms with van der Waals surface area (Å²) in [4.78, 5) is 116. The molecule has 0 heterocycles. The number of carboxylic acid groups (broad SMARTS) is 1. The number of benzene rings is 2. The van der Waals surface area contributed by atoms with E-state index in [0.717, 1.165) is 46.6 Å². The van der Waals surface area contributed by atoms with Crippen molar-refractivity contribution < 1.29 is 81.4 Å². The molecule has 2 aromatic carbocycles. The second-order valence-corrected chi connectivity index (χ2v) is 12.1. The SMILES string of the molecule is COC(=O)CCC(=NC(=O)c1cc(C(=O)NCCNC(=O)c2cccc(OCC(N)OCCOCC(=O)O)c2)cc(C(=O)NC(CCC(=O)OC)C(=O)OC)c1)C(=O)OC. The molecule has 2 unspecified atom stereocenters. The maximum atomic E-state index is 13.4. The van der Waals surface area contributed by atoms with Gasteiger partial charge in [-0.25, -0.2) is 19.4 Å². The molecule has 0 bridgehead atoms. The topological polar surface area (TPSA) is 313 Å². The maximum absolute atomic E-state index is 13.4. The molecule has 0 radical (unpaired) electrons. The Kier molecular flexibility index (Phi) is 21.6. The number of nitrogens with one attached hydrogen (secondary N) is 3. The number of ether oxygens (including phenoxy) is 7. The fourth-order valence-electron chi connectivity index (χ4n) is 4.77. The van der Waals surface area contributed by atoms with Crippen LogP contribution in [0.2, 0.25) is 0 Å². The van der Waals surface area contributed by atoms with Gasteiger partial charge in [-0.15, -0.1) is 0 Å². The summed E-state index contributed by atoms with van der Waals surface area (Å²) in [6.45, 7) is -0.758. The number of hydrogen-bond donors (Lipinski definition) is 5. The van der Waals surface area contributed by atoms with Gasteiger partial charge in [0, 0.05) is 48.2 Å². The van der Waals surface area contributed by atoms with Gasteiger partial charge in [-0.2, -0.15) is 0 Å². The third-order valence-corrected chi connectivity index (χ3v) is 7.80. The highest BCUT2D eigenvalue weighted by molar-refractivity contribution is 6.38. The lowest BCUT2D eigenvalue weighted by Crippen LogP contribution is -2.42. The van der Waals surface area contributed by atoms with Crippen molar-refractivity contribution >= 4 is 59.2 Å². The number of amides is 4. The third-order valence-electron chi connectivity index (χ3n) is 7.80. The minimum absolute atomic E-state index is 0.00922. The zero-order valence-corrected chi connectivity index (χ0v) is 33.3. The molecule has 0 aliphatic rings. The molecule has 4 amide bonds. The minimum Gasteiger partial charge on any atom is -0.489 e. The summed E-state index contributed by atoms with van der Waals surface area (Å²) in [5.41, 5.74) is 4.67. The Morgan fingerprint density at radius 2 is 1.33 bits per heavy atom. The second-order valence-electron chi connectivity index (χ2n) is 12.1. The van der Waals surface area contributed by atoms with Crippen molar-refractivity contribution in [3.05, 3.63) is 64.7 Å². The van der Waals surface area contributed by atoms with Crippen LogP contribution in [0.1, 0.15) is 67.1 Å². The summed E-state index contributed by atoms with van der Waals surface area (Å²) < 4.78 is 34.3. The molecule has 2 aromatic rings. The van der Waals surface area contributed by atoms with Crippen molar-refractivity contribution in [1.82, 2.24) is 16.0 Å². The van der Waals surface area contributed by atoms with E-state index >= 15 is 0 Å². The van der Waals surface area contributed by atoms with Crippen LogP contribution < -0.4 is 26.4 Å². The smallest absolute Gasteiger partial charge is 0.352 e. The average Bonchev–Trinajstić information content (AvgIpc) is 3.25. The fraction of sp³-hybridized carbons (Fsp3) is 0.421. The molecule has 0 spiro atoms. The van der Waals surface area contributed by atoms with Crippen molar-refractivity contribution in [3.8, 4) is 5.75 Å². The van der Waals surface area contributed by atoms with E-state index in [1.54, 1.807) is 12.1 Å². The monoisotopic (exact) mass is 845 g/mol. The normalized spacial score (nSPS) is 11.8. The largest absolute Gasteiger partial charge is 0.489 e. The van der Waals surface area contributed by atoms with Crippen molar-refractivity contribution in [1.29, 1.82) is 0 Å². The van der Waals surface area contributed by atoms with E-state index in [1.165, 1.54) is 12.1 Å². The summed E-state index contributed by atoms with van der Waals surface area (Å²) >= 11 is 0. The highest BCUT2D eigenvalue weighted by Crippen LogP contribution is 2.16. The van der Waals surface area contributed by atoms with Crippen LogP contribution in [0.5, 0.6) is 5.75 Å². The van der Waals surface area contributed by atoms with Gasteiger partial charge in [0.25, 0.3) is 23.6 Å². The third kappa shape index (κ3) is 17.8. The quantitative estimate of drug-likeness (QED) is 0.0278. The lowest BCUT2D eigenvalue weighted by atomic mass is 10.0. The number of nitrogens with two attached hydrogens (primary N) is 1. The Hall–Kier alpha value is -6.78. The first kappa shape index (κ1) is 49.4. The van der Waals surface area contributed by atoms with E-state index in [4.69, 9.17) is 29.8 Å². The van der Waals surface area contributed by atoms with Gasteiger partial charge in [0.15, 0.2) is 0 Å². The maximum Gasteiger partial charge on any atom is 0.352 e. The first-order valence-electron chi connectivity index (χ1n) is 18.0. The molecule has 0 saturated carbocycles. The van der Waals surface area contributed by atoms with Crippen molar-refractivity contribution in [2.24, 2.45) is 10.7 Å². The van der Waals surface area contributed by atoms with E-state index in [9.17, 15) is 43.2 Å². The Balaban J connectivity index is 2.22. The van der Waals surface area contributed by atoms with E-state index in [0.29, 0.717) is 5.75 Å². The Morgan fingerprint density at radius 1 is 0.717 bits per heavy atom. The number of hydrogen-bond acceptors (Lipinski definition) is 17. The molecular weight excluding hydrogens is 798 g/mol. The molecule has 60 heavy (non-hydrogen) atoms. The summed E-state index contributed by atoms with van der Waals surface area (Å²) in [7, 11) is 4.36. The highest BCUT2D eigenvalue weighted by Gasteiger charge is 2.25. The Labute approximate surface area is 343 Å². The summed E-state index contributed by atoms with van der Waals surface area (Å²) in [6.07, 6.45) is -2.03. The van der Waals surface area contributed by atoms with Gasteiger partial charge in [-0.05, 0) is 42.8 Å². The number of aliphatic imine (C=N–C) groups is 1. The number of carbonyl (C=O) groups is 9. The van der Waals surface area contributed by atoms with Gasteiger partial charge >= 0.3 is 29.8 Å². The van der Waals surface area contributed by atoms with Crippen LogP contribution in [0, 0.1) is 0 Å². The molecule has 0 aliphatic carbocycles. The van der Waals surface area contributed by atoms with Crippen LogP contribution in [0.4, 0.5) is 0 Å². The molecule has 2 atom stereocenters. The summed E-state index contributed by atoms with van der Waals surface area (Å²) in [6, 6.07) is 7.97. The van der Waals surface area contributed by atoms with Crippen LogP contribution in [0.15, 0.2) is 47.5 Å². The molecule has 0 aromatic heterocycles. The number of rotatable bonds is 25. The van der Waals surface area contributed by atoms with Gasteiger partial charge in [0.05, 0.1) is 48.1 Å². The molecule has 0 aliphatic heterocycles. The summed E-state index contributed by atoms with van der Waals surface area (Å²) in [5.74, 6) is -7.53. The average molecular weight is 846 g/mol. The van der Waals surface area contributed by atoms with Crippen LogP contribution in [-0.4, -0.2) is 145 Å². The Bertz CT molecular complexity index is 1900. The first-order valence-corrected chi connectivity index (χ1v) is 18.0. The Morgan fingerprint density at radius 3 is 1.95 bits per heavy atom. The number of esters is 4.